The van der Waals surface area contributed by atoms with Gasteiger partial charge in [-0.05, 0) is 186 Å². The summed E-state index contributed by atoms with van der Waals surface area (Å²) in [4.78, 5) is 33.6. The van der Waals surface area contributed by atoms with Gasteiger partial charge in [0.05, 0.1) is 53.3 Å². The number of fused-ring (bicyclic) bond motifs is 12. The van der Waals surface area contributed by atoms with Gasteiger partial charge in [-0.25, -0.2) is 69.0 Å². The molecule has 0 aliphatic heterocycles. The molecule has 0 saturated heterocycles. The van der Waals surface area contributed by atoms with E-state index in [1.54, 1.807) is 36.4 Å². The van der Waals surface area contributed by atoms with Crippen molar-refractivity contribution in [2.45, 2.75) is 137 Å². The quantitative estimate of drug-likeness (QED) is 0.0533. The number of hydrogen-bond acceptors (Lipinski definition) is 6. The molecule has 0 spiro atoms. The van der Waals surface area contributed by atoms with Crippen LogP contribution >= 0.6 is 0 Å². The number of hydrogen-bond donors (Lipinski definition) is 6. The molecule has 9 fully saturated rings. The monoisotopic (exact) mass is 1500 g/mol. The van der Waals surface area contributed by atoms with Gasteiger partial charge in [-0.2, -0.15) is 0 Å². The van der Waals surface area contributed by atoms with E-state index >= 15 is 13.2 Å². The lowest BCUT2D eigenvalue weighted by Crippen LogP contribution is -2.47. The van der Waals surface area contributed by atoms with Crippen LogP contribution in [0.2, 0.25) is 0 Å². The highest BCUT2D eigenvalue weighted by Gasteiger charge is 2.45. The topological polar surface area (TPSA) is 135 Å². The van der Waals surface area contributed by atoms with E-state index in [0.717, 1.165) is 73.4 Å². The summed E-state index contributed by atoms with van der Waals surface area (Å²) < 4.78 is 135. The predicted octanol–water partition coefficient (Wildman–Crippen LogP) is 25.2. The van der Waals surface area contributed by atoms with E-state index in [9.17, 15) is 26.3 Å². The van der Waals surface area contributed by atoms with Crippen LogP contribution in [0.5, 0.6) is 0 Å². The van der Waals surface area contributed by atoms with E-state index in [-0.39, 0.29) is 119 Å². The van der Waals surface area contributed by atoms with Gasteiger partial charge in [-0.1, -0.05) is 110 Å². The number of aromatic nitrogens is 6. The van der Waals surface area contributed by atoms with E-state index in [1.807, 2.05) is 57.2 Å². The first-order valence-electron chi connectivity index (χ1n) is 38.3. The third kappa shape index (κ3) is 13.5. The fraction of sp³-hybridized carbons (Fsp3) is 0.333. The molecule has 2 unspecified atom stereocenters. The molecule has 111 heavy (non-hydrogen) atoms. The Hall–Kier alpha value is -11.4. The number of pyridine rings is 3. The molecule has 6 heterocycles. The fourth-order valence-electron chi connectivity index (χ4n) is 19.3. The van der Waals surface area contributed by atoms with Gasteiger partial charge in [0.2, 0.25) is 17.1 Å². The highest BCUT2D eigenvalue weighted by molar-refractivity contribution is 6.04. The second-order valence-corrected chi connectivity index (χ2v) is 31.6. The first-order valence-corrected chi connectivity index (χ1v) is 38.3. The van der Waals surface area contributed by atoms with Crippen LogP contribution in [-0.4, -0.2) is 48.0 Å². The van der Waals surface area contributed by atoms with Crippen molar-refractivity contribution in [1.82, 2.24) is 29.9 Å². The van der Waals surface area contributed by atoms with Crippen LogP contribution < -0.4 is 16.0 Å². The lowest BCUT2D eigenvalue weighted by Gasteiger charge is -2.47. The summed E-state index contributed by atoms with van der Waals surface area (Å²) >= 11 is 0. The number of nitrogens with zero attached hydrogens (tertiary/aromatic N) is 6. The minimum Gasteiger partial charge on any atom is -0.364 e. The molecule has 6 atom stereocenters. The molecular formula is C90H81F9N12. The van der Waals surface area contributed by atoms with Gasteiger partial charge in [0.1, 0.15) is 34.9 Å². The first-order chi connectivity index (χ1) is 53.6. The summed E-state index contributed by atoms with van der Waals surface area (Å²) in [7, 11) is 0. The normalized spacial score (nSPS) is 22.8. The number of rotatable bonds is 12. The standard InChI is InChI=1S/3C30H27F3N4/c3*1-15-4-6-18(7-5-15)24-25(33)30(36-26-16(2)17-8-10-19(26)11-9-17)37-28(29(24)34-3)22-14-35-27-21(22)12-20(31)13-23(27)32/h3*4-7,12-14,16-17,19,26,35H,8-11H2,1-2H3,(H,36,37)/t2*16-,17?,19?,26+;/m10./s1. The number of nitrogens with one attached hydrogen (secondary N) is 6. The zero-order chi connectivity index (χ0) is 77.5. The molecule has 6 N–H and O–H groups in total. The maximum absolute atomic E-state index is 16.3. The van der Waals surface area contributed by atoms with Crippen LogP contribution in [0, 0.1) is 146 Å². The van der Waals surface area contributed by atoms with Gasteiger partial charge in [-0.15, -0.1) is 0 Å². The molecular weight excluding hydrogens is 1420 g/mol. The maximum Gasteiger partial charge on any atom is 0.223 e. The molecule has 0 radical (unpaired) electrons. The first kappa shape index (κ1) is 73.8. The van der Waals surface area contributed by atoms with Crippen molar-refractivity contribution < 1.29 is 39.5 Å². The van der Waals surface area contributed by atoms with E-state index < -0.39 is 52.4 Å². The SMILES string of the molecule is [C-]#[N+]c1c(-c2c[nH]c3c(F)cc(F)cc23)nc(NC2C3CCC(CC3)C2C)c(F)c1-c1ccc(C)cc1.[C-]#[N+]c1c(-c2c[nH]c3c(F)cc(F)cc23)nc(N[C@@H]2C3CCC(CC3)[C@H]2C)c(F)c1-c1ccc(C)cc1.[C-]#[N+]c1c(-c2c[nH]c3c(F)cc(F)cc23)nc(N[C@H]2C3CCC(CC3)[C@@H]2C)c(F)c1-c1ccc(C)cc1. The Morgan fingerprint density at radius 3 is 0.802 bits per heavy atom. The summed E-state index contributed by atoms with van der Waals surface area (Å²) in [6, 6.07) is 28.2. The van der Waals surface area contributed by atoms with Crippen LogP contribution in [0.4, 0.5) is 74.0 Å². The van der Waals surface area contributed by atoms with Crippen molar-refractivity contribution in [1.29, 1.82) is 0 Å². The zero-order valence-electron chi connectivity index (χ0n) is 62.1. The van der Waals surface area contributed by atoms with Crippen LogP contribution in [0.15, 0.2) is 128 Å². The number of anilines is 3. The molecule has 12 nitrogen and oxygen atoms in total. The Morgan fingerprint density at radius 2 is 0.577 bits per heavy atom. The number of aromatic amines is 3. The van der Waals surface area contributed by atoms with E-state index in [4.69, 9.17) is 19.7 Å². The molecule has 6 aromatic heterocycles. The summed E-state index contributed by atoms with van der Waals surface area (Å²) in [5.74, 6) is -1.71. The Balaban J connectivity index is 0.000000126. The highest BCUT2D eigenvalue weighted by Crippen LogP contribution is 2.54. The molecule has 9 saturated carbocycles. The molecule has 6 bridgehead atoms. The molecule has 0 amide bonds. The van der Waals surface area contributed by atoms with Crippen LogP contribution in [0.25, 0.3) is 114 Å². The molecule has 6 aromatic carbocycles. The van der Waals surface area contributed by atoms with Crippen molar-refractivity contribution >= 4 is 67.2 Å². The van der Waals surface area contributed by atoms with E-state index in [0.29, 0.717) is 86.6 Å². The average molecular weight is 1500 g/mol. The number of aryl methyl sites for hydroxylation is 3. The Labute approximate surface area is 637 Å². The number of H-pyrrole nitrogens is 3. The van der Waals surface area contributed by atoms with Crippen molar-refractivity contribution in [3.63, 3.8) is 0 Å². The van der Waals surface area contributed by atoms with Crippen molar-refractivity contribution in [3.8, 4) is 67.2 Å². The Morgan fingerprint density at radius 1 is 0.342 bits per heavy atom. The van der Waals surface area contributed by atoms with E-state index in [2.05, 4.69) is 81.2 Å². The van der Waals surface area contributed by atoms with Crippen LogP contribution in [0.3, 0.4) is 0 Å². The number of benzene rings is 6. The number of halogens is 9. The molecule has 12 aromatic rings. The average Bonchev–Trinajstić information content (AvgIpc) is 1.74. The van der Waals surface area contributed by atoms with Crippen molar-refractivity contribution in [2.75, 3.05) is 16.0 Å². The van der Waals surface area contributed by atoms with Gasteiger partial charge in [0, 0.05) is 104 Å². The Bertz CT molecular complexity index is 5180. The predicted molar refractivity (Wildman–Crippen MR) is 420 cm³/mol. The molecule has 9 aliphatic rings. The molecule has 21 heteroatoms. The van der Waals surface area contributed by atoms with Crippen LogP contribution in [0.1, 0.15) is 115 Å². The molecule has 564 valence electrons. The van der Waals surface area contributed by atoms with Crippen LogP contribution in [-0.2, 0) is 0 Å². The van der Waals surface area contributed by atoms with Gasteiger partial charge >= 0.3 is 0 Å². The zero-order valence-corrected chi connectivity index (χ0v) is 62.1. The van der Waals surface area contributed by atoms with Gasteiger partial charge in [0.15, 0.2) is 34.9 Å². The smallest absolute Gasteiger partial charge is 0.223 e. The lowest BCUT2D eigenvalue weighted by atomic mass is 9.62. The maximum atomic E-state index is 16.3. The summed E-state index contributed by atoms with van der Waals surface area (Å²) in [5, 5.41) is 11.1. The van der Waals surface area contributed by atoms with Gasteiger partial charge < -0.3 is 30.9 Å². The Kier molecular flexibility index (Phi) is 19.8. The van der Waals surface area contributed by atoms with Crippen molar-refractivity contribution in [3.05, 3.63) is 231 Å². The molecule has 21 rings (SSSR count). The molecule has 9 aliphatic carbocycles. The summed E-state index contributed by atoms with van der Waals surface area (Å²) in [5.41, 5.74) is 7.13. The minimum absolute atomic E-state index is 0.00989. The van der Waals surface area contributed by atoms with Crippen molar-refractivity contribution in [2.24, 2.45) is 53.3 Å². The lowest BCUT2D eigenvalue weighted by molar-refractivity contribution is 0.0926. The highest BCUT2D eigenvalue weighted by atomic mass is 19.2. The third-order valence-corrected chi connectivity index (χ3v) is 25.4. The fourth-order valence-corrected chi connectivity index (χ4v) is 19.3. The summed E-state index contributed by atoms with van der Waals surface area (Å²) in [6.45, 7) is 36.4. The van der Waals surface area contributed by atoms with Gasteiger partial charge in [0.25, 0.3) is 0 Å². The minimum atomic E-state index is -0.739. The third-order valence-electron chi connectivity index (χ3n) is 25.4. The largest absolute Gasteiger partial charge is 0.364 e. The van der Waals surface area contributed by atoms with E-state index in [1.165, 1.54) is 75.3 Å². The second-order valence-electron chi connectivity index (χ2n) is 31.6. The second kappa shape index (κ2) is 29.8. The summed E-state index contributed by atoms with van der Waals surface area (Å²) in [6.07, 6.45) is 18.3. The van der Waals surface area contributed by atoms with Gasteiger partial charge in [-0.3, -0.25) is 0 Å².